The summed E-state index contributed by atoms with van der Waals surface area (Å²) in [4.78, 5) is 25.0. The van der Waals surface area contributed by atoms with Crippen molar-refractivity contribution in [1.29, 1.82) is 0 Å². The number of carbonyl (C=O) groups is 2. The van der Waals surface area contributed by atoms with Crippen molar-refractivity contribution in [3.63, 3.8) is 0 Å². The van der Waals surface area contributed by atoms with Gasteiger partial charge in [0, 0.05) is 11.1 Å². The molecule has 2 aliphatic rings. The van der Waals surface area contributed by atoms with Crippen molar-refractivity contribution < 1.29 is 14.3 Å². The van der Waals surface area contributed by atoms with E-state index < -0.39 is 17.4 Å². The minimum atomic E-state index is -1.57. The molecule has 3 rings (SSSR count). The van der Waals surface area contributed by atoms with Gasteiger partial charge < -0.3 is 15.4 Å². The van der Waals surface area contributed by atoms with E-state index in [4.69, 9.17) is 16.3 Å². The Kier molecular flexibility index (Phi) is 4.23. The van der Waals surface area contributed by atoms with Crippen LogP contribution in [0.25, 0.3) is 0 Å². The van der Waals surface area contributed by atoms with E-state index in [1.165, 1.54) is 6.92 Å². The molecule has 1 aliphatic heterocycles. The van der Waals surface area contributed by atoms with Gasteiger partial charge in [0.25, 0.3) is 17.4 Å². The summed E-state index contributed by atoms with van der Waals surface area (Å²) in [6, 6.07) is 5.04. The number of nitrogens with one attached hydrogen (secondary N) is 2. The van der Waals surface area contributed by atoms with Gasteiger partial charge in [0.15, 0.2) is 0 Å². The third-order valence-electron chi connectivity index (χ3n) is 4.72. The minimum Gasteiger partial charge on any atom is -0.466 e. The van der Waals surface area contributed by atoms with Crippen LogP contribution in [0.15, 0.2) is 18.2 Å². The van der Waals surface area contributed by atoms with E-state index in [0.717, 1.165) is 25.7 Å². The van der Waals surface area contributed by atoms with E-state index in [2.05, 4.69) is 17.6 Å². The summed E-state index contributed by atoms with van der Waals surface area (Å²) in [5.41, 5.74) is -1.08. The number of ether oxygens (including phenoxy) is 1. The van der Waals surface area contributed by atoms with E-state index in [9.17, 15) is 9.59 Å². The fourth-order valence-corrected chi connectivity index (χ4v) is 3.25. The van der Waals surface area contributed by atoms with Crippen LogP contribution in [-0.2, 0) is 9.59 Å². The number of hydrogen-bond acceptors (Lipinski definition) is 3. The first-order chi connectivity index (χ1) is 10.9. The Balaban J connectivity index is 1.74. The Morgan fingerprint density at radius 3 is 2.74 bits per heavy atom. The van der Waals surface area contributed by atoms with Crippen molar-refractivity contribution >= 4 is 29.1 Å². The van der Waals surface area contributed by atoms with E-state index in [1.54, 1.807) is 18.2 Å². The summed E-state index contributed by atoms with van der Waals surface area (Å²) in [7, 11) is 0. The molecule has 1 fully saturated rings. The number of rotatable bonds is 2. The quantitative estimate of drug-likeness (QED) is 0.815. The number of halogens is 1. The largest absolute Gasteiger partial charge is 0.466 e. The molecule has 1 saturated carbocycles. The number of anilines is 1. The Morgan fingerprint density at radius 2 is 2.04 bits per heavy atom. The molecule has 5 nitrogen and oxygen atoms in total. The van der Waals surface area contributed by atoms with Gasteiger partial charge in [0.2, 0.25) is 0 Å². The molecular weight excluding hydrogens is 316 g/mol. The van der Waals surface area contributed by atoms with Crippen molar-refractivity contribution in [3.8, 4) is 5.75 Å². The first-order valence-electron chi connectivity index (χ1n) is 7.99. The molecule has 1 unspecified atom stereocenters. The first-order valence-corrected chi connectivity index (χ1v) is 8.37. The maximum absolute atomic E-state index is 12.6. The van der Waals surface area contributed by atoms with Crippen LogP contribution in [-0.4, -0.2) is 23.5 Å². The maximum Gasteiger partial charge on any atom is 0.278 e. The van der Waals surface area contributed by atoms with Crippen LogP contribution in [0.4, 0.5) is 5.69 Å². The fourth-order valence-electron chi connectivity index (χ4n) is 3.07. The topological polar surface area (TPSA) is 67.4 Å². The number of carbonyl (C=O) groups excluding carboxylic acids is 2. The van der Waals surface area contributed by atoms with Crippen molar-refractivity contribution in [3.05, 3.63) is 23.2 Å². The SMILES string of the molecule is CC1CCC(NC(=O)C2(C)Oc3ccc(Cl)cc3NC2=O)CC1. The zero-order chi connectivity index (χ0) is 16.6. The highest BCUT2D eigenvalue weighted by Gasteiger charge is 2.47. The second-order valence-electron chi connectivity index (χ2n) is 6.66. The summed E-state index contributed by atoms with van der Waals surface area (Å²) < 4.78 is 5.73. The zero-order valence-electron chi connectivity index (χ0n) is 13.3. The van der Waals surface area contributed by atoms with Crippen LogP contribution in [0.5, 0.6) is 5.75 Å². The van der Waals surface area contributed by atoms with Crippen LogP contribution in [0.2, 0.25) is 5.02 Å². The van der Waals surface area contributed by atoms with Gasteiger partial charge in [0.05, 0.1) is 5.69 Å². The van der Waals surface area contributed by atoms with E-state index in [0.29, 0.717) is 22.4 Å². The molecular formula is C17H21ClN2O3. The van der Waals surface area contributed by atoms with Crippen LogP contribution < -0.4 is 15.4 Å². The zero-order valence-corrected chi connectivity index (χ0v) is 14.1. The summed E-state index contributed by atoms with van der Waals surface area (Å²) in [5.74, 6) is 0.276. The molecule has 1 aromatic rings. The van der Waals surface area contributed by atoms with Gasteiger partial charge >= 0.3 is 0 Å². The Labute approximate surface area is 140 Å². The molecule has 1 aromatic carbocycles. The highest BCUT2D eigenvalue weighted by atomic mass is 35.5. The molecule has 0 bridgehead atoms. The predicted octanol–water partition coefficient (Wildman–Crippen LogP) is 3.12. The maximum atomic E-state index is 12.6. The molecule has 1 aliphatic carbocycles. The van der Waals surface area contributed by atoms with Crippen molar-refractivity contribution in [2.45, 2.75) is 51.2 Å². The lowest BCUT2D eigenvalue weighted by molar-refractivity contribution is -0.147. The van der Waals surface area contributed by atoms with Crippen molar-refractivity contribution in [2.24, 2.45) is 5.92 Å². The Morgan fingerprint density at radius 1 is 1.35 bits per heavy atom. The summed E-state index contributed by atoms with van der Waals surface area (Å²) in [6.45, 7) is 3.72. The molecule has 0 aromatic heterocycles. The number of hydrogen-bond donors (Lipinski definition) is 2. The Hall–Kier alpha value is -1.75. The summed E-state index contributed by atoms with van der Waals surface area (Å²) >= 11 is 5.91. The molecule has 2 amide bonds. The third kappa shape index (κ3) is 3.15. The average molecular weight is 337 g/mol. The highest BCUT2D eigenvalue weighted by Crippen LogP contribution is 2.36. The van der Waals surface area contributed by atoms with Crippen molar-refractivity contribution in [2.75, 3.05) is 5.32 Å². The van der Waals surface area contributed by atoms with Gasteiger partial charge in [-0.1, -0.05) is 18.5 Å². The lowest BCUT2D eigenvalue weighted by atomic mass is 9.87. The first kappa shape index (κ1) is 16.1. The molecule has 0 saturated heterocycles. The monoisotopic (exact) mass is 336 g/mol. The van der Waals surface area contributed by atoms with Crippen LogP contribution in [0.1, 0.15) is 39.5 Å². The van der Waals surface area contributed by atoms with Gasteiger partial charge in [-0.15, -0.1) is 0 Å². The number of fused-ring (bicyclic) bond motifs is 1. The molecule has 6 heteroatoms. The van der Waals surface area contributed by atoms with E-state index in [1.807, 2.05) is 0 Å². The van der Waals surface area contributed by atoms with E-state index in [-0.39, 0.29) is 6.04 Å². The number of benzene rings is 1. The molecule has 1 atom stereocenters. The van der Waals surface area contributed by atoms with Crippen LogP contribution >= 0.6 is 11.6 Å². The molecule has 0 spiro atoms. The molecule has 1 heterocycles. The second-order valence-corrected chi connectivity index (χ2v) is 7.10. The standard InChI is InChI=1S/C17H21ClN2O3/c1-10-3-6-12(7-4-10)19-15(21)17(2)16(22)20-13-9-11(18)5-8-14(13)23-17/h5,8-10,12H,3-4,6-7H2,1-2H3,(H,19,21)(H,20,22). The van der Waals surface area contributed by atoms with Gasteiger partial charge in [-0.3, -0.25) is 9.59 Å². The van der Waals surface area contributed by atoms with Gasteiger partial charge in [-0.05, 0) is 56.7 Å². The molecule has 2 N–H and O–H groups in total. The molecule has 23 heavy (non-hydrogen) atoms. The minimum absolute atomic E-state index is 0.110. The predicted molar refractivity (Wildman–Crippen MR) is 88.7 cm³/mol. The molecule has 124 valence electrons. The summed E-state index contributed by atoms with van der Waals surface area (Å²) in [5, 5.41) is 6.18. The van der Waals surface area contributed by atoms with Crippen LogP contribution in [0, 0.1) is 5.92 Å². The average Bonchev–Trinajstić information content (AvgIpc) is 2.51. The number of amides is 2. The van der Waals surface area contributed by atoms with Crippen molar-refractivity contribution in [1.82, 2.24) is 5.32 Å². The van der Waals surface area contributed by atoms with Crippen LogP contribution in [0.3, 0.4) is 0 Å². The lowest BCUT2D eigenvalue weighted by Gasteiger charge is -2.35. The second kappa shape index (κ2) is 6.04. The lowest BCUT2D eigenvalue weighted by Crippen LogP contribution is -2.60. The normalized spacial score (nSPS) is 30.0. The smallest absolute Gasteiger partial charge is 0.278 e. The Bertz CT molecular complexity index is 641. The highest BCUT2D eigenvalue weighted by molar-refractivity contribution is 6.31. The fraction of sp³-hybridized carbons (Fsp3) is 0.529. The van der Waals surface area contributed by atoms with Gasteiger partial charge in [-0.25, -0.2) is 0 Å². The molecule has 0 radical (unpaired) electrons. The summed E-state index contributed by atoms with van der Waals surface area (Å²) in [6.07, 6.45) is 4.07. The van der Waals surface area contributed by atoms with E-state index >= 15 is 0 Å². The van der Waals surface area contributed by atoms with Gasteiger partial charge in [-0.2, -0.15) is 0 Å². The van der Waals surface area contributed by atoms with Gasteiger partial charge in [0.1, 0.15) is 5.75 Å². The third-order valence-corrected chi connectivity index (χ3v) is 4.96.